The number of primary amides is 1. The van der Waals surface area contributed by atoms with Crippen LogP contribution in [-0.2, 0) is 11.2 Å². The minimum absolute atomic E-state index is 0.276. The van der Waals surface area contributed by atoms with Gasteiger partial charge in [-0.05, 0) is 24.8 Å². The van der Waals surface area contributed by atoms with Crippen LogP contribution in [0.5, 0.6) is 0 Å². The Morgan fingerprint density at radius 3 is 2.45 bits per heavy atom. The van der Waals surface area contributed by atoms with Gasteiger partial charge in [-0.2, -0.15) is 4.98 Å². The smallest absolute Gasteiger partial charge is 0.315 e. The number of hydrogen-bond acceptors (Lipinski definition) is 5. The molecule has 1 aromatic heterocycles. The first-order valence-corrected chi connectivity index (χ1v) is 10.4. The van der Waals surface area contributed by atoms with Gasteiger partial charge in [0.15, 0.2) is 0 Å². The number of amides is 3. The predicted molar refractivity (Wildman–Crippen MR) is 115 cm³/mol. The van der Waals surface area contributed by atoms with Gasteiger partial charge >= 0.3 is 6.03 Å². The standard InChI is InChI=1S/C23H25N5O3/c24-20(29)17-13-18(22-27-21(28-31-22)16-9-5-2-6-10-16)19(14-17)26-23(30)25-12-11-15-7-3-1-4-8-15/h1-10,17-19H,11-14H2,(H2,24,29)(H2,25,26,30)/t17-,18-,19+/m1/s1. The number of nitrogens with zero attached hydrogens (tertiary/aromatic N) is 2. The molecule has 0 unspecified atom stereocenters. The molecule has 2 aromatic carbocycles. The van der Waals surface area contributed by atoms with Gasteiger partial charge in [-0.3, -0.25) is 4.79 Å². The summed E-state index contributed by atoms with van der Waals surface area (Å²) >= 11 is 0. The Bertz CT molecular complexity index is 1020. The van der Waals surface area contributed by atoms with Crippen molar-refractivity contribution in [3.8, 4) is 11.4 Å². The fraction of sp³-hybridized carbons (Fsp3) is 0.304. The van der Waals surface area contributed by atoms with Crippen LogP contribution in [0.1, 0.15) is 30.2 Å². The van der Waals surface area contributed by atoms with Crippen LogP contribution in [0.4, 0.5) is 4.79 Å². The van der Waals surface area contributed by atoms with E-state index in [9.17, 15) is 9.59 Å². The highest BCUT2D eigenvalue weighted by atomic mass is 16.5. The first-order chi connectivity index (χ1) is 15.1. The first-order valence-electron chi connectivity index (χ1n) is 10.4. The maximum absolute atomic E-state index is 12.5. The molecule has 3 atom stereocenters. The number of carbonyl (C=O) groups is 2. The Morgan fingerprint density at radius 2 is 1.74 bits per heavy atom. The van der Waals surface area contributed by atoms with Gasteiger partial charge in [-0.15, -0.1) is 0 Å². The molecule has 0 saturated heterocycles. The highest BCUT2D eigenvalue weighted by Crippen LogP contribution is 2.38. The SMILES string of the molecule is NC(=O)[C@H]1C[C@H](NC(=O)NCCc2ccccc2)[C@H](c2nc(-c3ccccc3)no2)C1. The van der Waals surface area contributed by atoms with Crippen LogP contribution in [-0.4, -0.2) is 34.7 Å². The number of urea groups is 1. The van der Waals surface area contributed by atoms with E-state index >= 15 is 0 Å². The summed E-state index contributed by atoms with van der Waals surface area (Å²) in [5, 5.41) is 9.90. The highest BCUT2D eigenvalue weighted by molar-refractivity contribution is 5.78. The molecular formula is C23H25N5O3. The molecule has 3 amide bonds. The zero-order chi connectivity index (χ0) is 21.6. The zero-order valence-corrected chi connectivity index (χ0v) is 17.0. The fourth-order valence-electron chi connectivity index (χ4n) is 3.98. The van der Waals surface area contributed by atoms with E-state index in [0.717, 1.165) is 17.5 Å². The van der Waals surface area contributed by atoms with E-state index in [1.807, 2.05) is 60.7 Å². The molecule has 1 heterocycles. The molecule has 31 heavy (non-hydrogen) atoms. The average Bonchev–Trinajstić information content (AvgIpc) is 3.42. The summed E-state index contributed by atoms with van der Waals surface area (Å²) in [6, 6.07) is 18.8. The molecule has 3 aromatic rings. The van der Waals surface area contributed by atoms with Crippen LogP contribution in [0.15, 0.2) is 65.2 Å². The summed E-state index contributed by atoms with van der Waals surface area (Å²) in [7, 11) is 0. The number of nitrogens with one attached hydrogen (secondary N) is 2. The predicted octanol–water partition coefficient (Wildman–Crippen LogP) is 2.63. The van der Waals surface area contributed by atoms with Gasteiger partial charge in [0.25, 0.3) is 0 Å². The second-order valence-electron chi connectivity index (χ2n) is 7.74. The third-order valence-corrected chi connectivity index (χ3v) is 5.61. The summed E-state index contributed by atoms with van der Waals surface area (Å²) < 4.78 is 5.50. The molecule has 1 saturated carbocycles. The maximum Gasteiger partial charge on any atom is 0.315 e. The van der Waals surface area contributed by atoms with Crippen molar-refractivity contribution in [2.75, 3.05) is 6.54 Å². The van der Waals surface area contributed by atoms with Crippen molar-refractivity contribution >= 4 is 11.9 Å². The second kappa shape index (κ2) is 9.42. The van der Waals surface area contributed by atoms with Crippen molar-refractivity contribution in [2.45, 2.75) is 31.2 Å². The number of aromatic nitrogens is 2. The van der Waals surface area contributed by atoms with Gasteiger partial charge in [0.2, 0.25) is 17.6 Å². The van der Waals surface area contributed by atoms with Crippen LogP contribution >= 0.6 is 0 Å². The van der Waals surface area contributed by atoms with E-state index in [2.05, 4.69) is 20.8 Å². The number of benzene rings is 2. The van der Waals surface area contributed by atoms with E-state index in [4.69, 9.17) is 10.3 Å². The Hall–Kier alpha value is -3.68. The Balaban J connectivity index is 1.40. The third kappa shape index (κ3) is 5.09. The lowest BCUT2D eigenvalue weighted by Gasteiger charge is -2.18. The number of rotatable bonds is 7. The second-order valence-corrected chi connectivity index (χ2v) is 7.74. The average molecular weight is 419 g/mol. The first kappa shape index (κ1) is 20.6. The molecule has 0 spiro atoms. The Kier molecular flexibility index (Phi) is 6.26. The zero-order valence-electron chi connectivity index (χ0n) is 17.0. The number of nitrogens with two attached hydrogens (primary N) is 1. The van der Waals surface area contributed by atoms with Gasteiger partial charge in [-0.1, -0.05) is 65.8 Å². The number of hydrogen-bond donors (Lipinski definition) is 3. The molecule has 1 aliphatic rings. The molecule has 1 fully saturated rings. The van der Waals surface area contributed by atoms with Crippen LogP contribution in [0.25, 0.3) is 11.4 Å². The van der Waals surface area contributed by atoms with Gasteiger partial charge in [-0.25, -0.2) is 4.79 Å². The summed E-state index contributed by atoms with van der Waals surface area (Å²) in [4.78, 5) is 28.8. The van der Waals surface area contributed by atoms with Crippen molar-refractivity contribution in [3.63, 3.8) is 0 Å². The van der Waals surface area contributed by atoms with Gasteiger partial charge in [0, 0.05) is 24.1 Å². The van der Waals surface area contributed by atoms with Gasteiger partial charge < -0.3 is 20.9 Å². The molecule has 0 radical (unpaired) electrons. The normalized spacial score (nSPS) is 20.3. The highest BCUT2D eigenvalue weighted by Gasteiger charge is 2.41. The van der Waals surface area contributed by atoms with Crippen LogP contribution in [0.2, 0.25) is 0 Å². The molecule has 0 bridgehead atoms. The number of carbonyl (C=O) groups excluding carboxylic acids is 2. The monoisotopic (exact) mass is 419 g/mol. The quantitative estimate of drug-likeness (QED) is 0.543. The molecular weight excluding hydrogens is 394 g/mol. The summed E-state index contributed by atoms with van der Waals surface area (Å²) in [5.41, 5.74) is 7.52. The van der Waals surface area contributed by atoms with E-state index in [1.165, 1.54) is 0 Å². The van der Waals surface area contributed by atoms with Crippen molar-refractivity contribution in [1.29, 1.82) is 0 Å². The Morgan fingerprint density at radius 1 is 1.03 bits per heavy atom. The molecule has 4 N–H and O–H groups in total. The largest absolute Gasteiger partial charge is 0.369 e. The van der Waals surface area contributed by atoms with Crippen molar-refractivity contribution < 1.29 is 14.1 Å². The van der Waals surface area contributed by atoms with E-state index in [0.29, 0.717) is 31.1 Å². The van der Waals surface area contributed by atoms with Crippen LogP contribution < -0.4 is 16.4 Å². The van der Waals surface area contributed by atoms with E-state index in [-0.39, 0.29) is 29.8 Å². The Labute approximate surface area is 180 Å². The molecule has 8 heteroatoms. The van der Waals surface area contributed by atoms with Crippen molar-refractivity contribution in [3.05, 3.63) is 72.1 Å². The van der Waals surface area contributed by atoms with Crippen LogP contribution in [0.3, 0.4) is 0 Å². The van der Waals surface area contributed by atoms with Crippen LogP contribution in [0, 0.1) is 5.92 Å². The topological polar surface area (TPSA) is 123 Å². The fourth-order valence-corrected chi connectivity index (χ4v) is 3.98. The molecule has 4 rings (SSSR count). The summed E-state index contributed by atoms with van der Waals surface area (Å²) in [5.74, 6) is -0.142. The van der Waals surface area contributed by atoms with E-state index in [1.54, 1.807) is 0 Å². The van der Waals surface area contributed by atoms with Gasteiger partial charge in [0.05, 0.1) is 5.92 Å². The third-order valence-electron chi connectivity index (χ3n) is 5.61. The molecule has 8 nitrogen and oxygen atoms in total. The molecule has 160 valence electrons. The minimum atomic E-state index is -0.387. The molecule has 0 aliphatic heterocycles. The van der Waals surface area contributed by atoms with E-state index < -0.39 is 0 Å². The lowest BCUT2D eigenvalue weighted by Crippen LogP contribution is -2.44. The lowest BCUT2D eigenvalue weighted by molar-refractivity contribution is -0.121. The van der Waals surface area contributed by atoms with Gasteiger partial charge in [0.1, 0.15) is 0 Å². The van der Waals surface area contributed by atoms with Crippen molar-refractivity contribution in [1.82, 2.24) is 20.8 Å². The lowest BCUT2D eigenvalue weighted by atomic mass is 10.0. The summed E-state index contributed by atoms with van der Waals surface area (Å²) in [6.07, 6.45) is 1.63. The summed E-state index contributed by atoms with van der Waals surface area (Å²) in [6.45, 7) is 0.505. The molecule has 1 aliphatic carbocycles. The van der Waals surface area contributed by atoms with Crippen molar-refractivity contribution in [2.24, 2.45) is 11.7 Å². The maximum atomic E-state index is 12.5. The minimum Gasteiger partial charge on any atom is -0.369 e.